The van der Waals surface area contributed by atoms with Crippen LogP contribution in [0, 0.1) is 23.0 Å². The number of allylic oxidation sites excluding steroid dienone is 4. The second-order valence-corrected chi connectivity index (χ2v) is 9.88. The van der Waals surface area contributed by atoms with Crippen molar-refractivity contribution in [1.82, 2.24) is 5.32 Å². The molecule has 0 bridgehead atoms. The summed E-state index contributed by atoms with van der Waals surface area (Å²) in [5, 5.41) is 3.60. The molecule has 3 rings (SSSR count). The van der Waals surface area contributed by atoms with Crippen molar-refractivity contribution in [2.24, 2.45) is 11.3 Å². The number of halogens is 2. The lowest BCUT2D eigenvalue weighted by molar-refractivity contribution is 0.246. The minimum atomic E-state index is -0.499. The third-order valence-corrected chi connectivity index (χ3v) is 8.45. The zero-order valence-corrected chi connectivity index (χ0v) is 20.0. The van der Waals surface area contributed by atoms with Crippen molar-refractivity contribution in [2.75, 3.05) is 0 Å². The number of nitrogens with one attached hydrogen (secondary N) is 1. The summed E-state index contributed by atoms with van der Waals surface area (Å²) in [6.07, 6.45) is 13.6. The van der Waals surface area contributed by atoms with E-state index in [1.54, 1.807) is 6.07 Å². The van der Waals surface area contributed by atoms with Gasteiger partial charge in [0.2, 0.25) is 0 Å². The van der Waals surface area contributed by atoms with Crippen LogP contribution in [-0.4, -0.2) is 6.04 Å². The highest BCUT2D eigenvalue weighted by molar-refractivity contribution is 5.73. The largest absolute Gasteiger partial charge is 0.381 e. The minimum absolute atomic E-state index is 0.135. The summed E-state index contributed by atoms with van der Waals surface area (Å²) in [7, 11) is 0. The molecule has 0 spiro atoms. The maximum atomic E-state index is 15.0. The molecule has 2 atom stereocenters. The first-order chi connectivity index (χ1) is 14.7. The van der Waals surface area contributed by atoms with Crippen molar-refractivity contribution in [3.05, 3.63) is 65.3 Å². The molecule has 1 nitrogen and oxygen atoms in total. The molecule has 2 aliphatic rings. The maximum Gasteiger partial charge on any atom is 0.135 e. The first-order valence-electron chi connectivity index (χ1n) is 12.1. The molecule has 1 aliphatic carbocycles. The lowest BCUT2D eigenvalue weighted by Gasteiger charge is -2.46. The summed E-state index contributed by atoms with van der Waals surface area (Å²) in [4.78, 5) is 0. The average Bonchev–Trinajstić information content (AvgIpc) is 3.20. The van der Waals surface area contributed by atoms with E-state index >= 15 is 4.39 Å². The molecule has 1 N–H and O–H groups in total. The predicted molar refractivity (Wildman–Crippen MR) is 128 cm³/mol. The summed E-state index contributed by atoms with van der Waals surface area (Å²) >= 11 is 0. The summed E-state index contributed by atoms with van der Waals surface area (Å²) in [5.41, 5.74) is 3.21. The molecular formula is C28H39F2N. The molecule has 1 saturated carbocycles. The Morgan fingerprint density at radius 2 is 1.84 bits per heavy atom. The van der Waals surface area contributed by atoms with Gasteiger partial charge in [-0.25, -0.2) is 8.78 Å². The van der Waals surface area contributed by atoms with Gasteiger partial charge >= 0.3 is 0 Å². The van der Waals surface area contributed by atoms with Crippen LogP contribution in [0.5, 0.6) is 0 Å². The van der Waals surface area contributed by atoms with E-state index in [-0.39, 0.29) is 11.5 Å². The molecule has 31 heavy (non-hydrogen) atoms. The smallest absolute Gasteiger partial charge is 0.135 e. The molecule has 0 saturated heterocycles. The Hall–Kier alpha value is -1.90. The van der Waals surface area contributed by atoms with E-state index in [0.717, 1.165) is 42.2 Å². The number of rotatable bonds is 7. The van der Waals surface area contributed by atoms with Crippen LogP contribution in [0.25, 0.3) is 5.70 Å². The second kappa shape index (κ2) is 9.30. The van der Waals surface area contributed by atoms with Crippen LogP contribution in [-0.2, 0) is 5.41 Å². The van der Waals surface area contributed by atoms with Gasteiger partial charge in [0.15, 0.2) is 0 Å². The van der Waals surface area contributed by atoms with Crippen molar-refractivity contribution in [3.63, 3.8) is 0 Å². The summed E-state index contributed by atoms with van der Waals surface area (Å²) < 4.78 is 29.3. The third-order valence-electron chi connectivity index (χ3n) is 8.45. The Labute approximate surface area is 187 Å². The van der Waals surface area contributed by atoms with Crippen molar-refractivity contribution in [3.8, 4) is 0 Å². The van der Waals surface area contributed by atoms with Gasteiger partial charge in [0.05, 0.1) is 0 Å². The molecule has 1 aromatic carbocycles. The number of hydrogen-bond donors (Lipinski definition) is 1. The van der Waals surface area contributed by atoms with E-state index in [1.165, 1.54) is 25.7 Å². The van der Waals surface area contributed by atoms with E-state index in [4.69, 9.17) is 0 Å². The normalized spacial score (nSPS) is 24.2. The molecule has 1 heterocycles. The number of benzene rings is 1. The molecule has 1 aromatic rings. The highest BCUT2D eigenvalue weighted by atomic mass is 19.1. The van der Waals surface area contributed by atoms with Crippen molar-refractivity contribution in [1.29, 1.82) is 0 Å². The molecule has 3 heteroatoms. The molecule has 1 fully saturated rings. The summed E-state index contributed by atoms with van der Waals surface area (Å²) in [5.74, 6) is -0.576. The van der Waals surface area contributed by atoms with Gasteiger partial charge < -0.3 is 5.32 Å². The van der Waals surface area contributed by atoms with Crippen LogP contribution >= 0.6 is 0 Å². The number of fused-ring (bicyclic) bond motifs is 1. The van der Waals surface area contributed by atoms with Gasteiger partial charge in [0.25, 0.3) is 0 Å². The van der Waals surface area contributed by atoms with Crippen LogP contribution in [0.3, 0.4) is 0 Å². The Morgan fingerprint density at radius 3 is 2.42 bits per heavy atom. The minimum Gasteiger partial charge on any atom is -0.381 e. The highest BCUT2D eigenvalue weighted by Crippen LogP contribution is 2.47. The van der Waals surface area contributed by atoms with Gasteiger partial charge in [0, 0.05) is 28.8 Å². The Morgan fingerprint density at radius 1 is 1.19 bits per heavy atom. The Bertz CT molecular complexity index is 869. The SMILES string of the molecule is C=C(/C=C\C=C1/N[C@@H](CC)C(CC)(CC)c2cc(F)cc(F)c21)C(C)C1(C)CCCC1. The Kier molecular flexibility index (Phi) is 7.13. The van der Waals surface area contributed by atoms with Crippen molar-refractivity contribution < 1.29 is 8.78 Å². The van der Waals surface area contributed by atoms with Crippen LogP contribution in [0.1, 0.15) is 90.7 Å². The topological polar surface area (TPSA) is 12.0 Å². The van der Waals surface area contributed by atoms with E-state index in [0.29, 0.717) is 16.9 Å². The Balaban J connectivity index is 1.97. The van der Waals surface area contributed by atoms with E-state index in [1.807, 2.05) is 12.2 Å². The van der Waals surface area contributed by atoms with Crippen molar-refractivity contribution >= 4 is 5.70 Å². The fraction of sp³-hybridized carbons (Fsp3) is 0.571. The van der Waals surface area contributed by atoms with Gasteiger partial charge in [0.1, 0.15) is 11.6 Å². The maximum absolute atomic E-state index is 15.0. The van der Waals surface area contributed by atoms with Crippen LogP contribution < -0.4 is 5.32 Å². The molecule has 0 aromatic heterocycles. The fourth-order valence-corrected chi connectivity index (χ4v) is 6.05. The van der Waals surface area contributed by atoms with Gasteiger partial charge in [-0.05, 0) is 61.1 Å². The lowest BCUT2D eigenvalue weighted by Crippen LogP contribution is -2.51. The average molecular weight is 428 g/mol. The third kappa shape index (κ3) is 4.25. The predicted octanol–water partition coefficient (Wildman–Crippen LogP) is 8.07. The lowest BCUT2D eigenvalue weighted by atomic mass is 9.65. The first-order valence-corrected chi connectivity index (χ1v) is 12.1. The molecule has 170 valence electrons. The van der Waals surface area contributed by atoms with Crippen LogP contribution in [0.15, 0.2) is 42.5 Å². The second-order valence-electron chi connectivity index (χ2n) is 9.88. The van der Waals surface area contributed by atoms with Gasteiger partial charge in [-0.1, -0.05) is 71.8 Å². The van der Waals surface area contributed by atoms with E-state index in [2.05, 4.69) is 52.6 Å². The standard InChI is InChI=1S/C28H39F2N/c1-7-25-28(8-2,9-3)22-17-21(29)18-23(30)26(22)24(31-25)14-12-13-19(4)20(5)27(6)15-10-11-16-27/h12-14,17-18,20,25,31H,4,7-11,15-16H2,1-3,5-6H3/b13-12-,24-14-/t20?,25-/m0/s1. The molecule has 0 radical (unpaired) electrons. The van der Waals surface area contributed by atoms with Gasteiger partial charge in [-0.2, -0.15) is 0 Å². The fourth-order valence-electron chi connectivity index (χ4n) is 6.05. The zero-order valence-electron chi connectivity index (χ0n) is 20.0. The summed E-state index contributed by atoms with van der Waals surface area (Å²) in [6, 6.07) is 2.69. The molecular weight excluding hydrogens is 388 g/mol. The van der Waals surface area contributed by atoms with Gasteiger partial charge in [-0.15, -0.1) is 0 Å². The first kappa shape index (κ1) is 23.8. The molecule has 1 unspecified atom stereocenters. The van der Waals surface area contributed by atoms with Gasteiger partial charge in [-0.3, -0.25) is 0 Å². The zero-order chi connectivity index (χ0) is 22.8. The summed E-state index contributed by atoms with van der Waals surface area (Å²) in [6.45, 7) is 15.3. The van der Waals surface area contributed by atoms with E-state index in [9.17, 15) is 4.39 Å². The molecule has 1 aliphatic heterocycles. The molecule has 0 amide bonds. The van der Waals surface area contributed by atoms with Crippen molar-refractivity contribution in [2.45, 2.75) is 91.0 Å². The highest BCUT2D eigenvalue weighted by Gasteiger charge is 2.43. The monoisotopic (exact) mass is 427 g/mol. The quantitative estimate of drug-likeness (QED) is 0.434. The number of hydrogen-bond acceptors (Lipinski definition) is 1. The van der Waals surface area contributed by atoms with Crippen LogP contribution in [0.2, 0.25) is 0 Å². The van der Waals surface area contributed by atoms with E-state index < -0.39 is 11.6 Å². The van der Waals surface area contributed by atoms with Crippen LogP contribution in [0.4, 0.5) is 8.78 Å².